The van der Waals surface area contributed by atoms with Gasteiger partial charge in [0, 0.05) is 24.1 Å². The van der Waals surface area contributed by atoms with Crippen LogP contribution in [0.15, 0.2) is 82.6 Å². The van der Waals surface area contributed by atoms with Gasteiger partial charge in [0.2, 0.25) is 0 Å². The van der Waals surface area contributed by atoms with Crippen LogP contribution in [0.3, 0.4) is 0 Å². The van der Waals surface area contributed by atoms with E-state index in [0.29, 0.717) is 11.4 Å². The molecule has 6 heteroatoms. The number of hydrogen-bond acceptors (Lipinski definition) is 6. The van der Waals surface area contributed by atoms with Crippen molar-refractivity contribution in [2.24, 2.45) is 0 Å². The molecule has 0 bridgehead atoms. The first-order valence-corrected chi connectivity index (χ1v) is 9.58. The Morgan fingerprint density at radius 2 is 1.53 bits per heavy atom. The lowest BCUT2D eigenvalue weighted by Crippen LogP contribution is -2.37. The Balaban J connectivity index is 1.57. The SMILES string of the molecule is COc1cccc(-c2cccc(C(C)Nc3c(Nc4ccncc4)c(=O)c3=O)c2)c1. The molecule has 0 aliphatic heterocycles. The first-order valence-electron chi connectivity index (χ1n) is 9.58. The Morgan fingerprint density at radius 1 is 0.867 bits per heavy atom. The number of ether oxygens (including phenoxy) is 1. The molecule has 1 atom stereocenters. The monoisotopic (exact) mass is 399 g/mol. The minimum atomic E-state index is -0.522. The van der Waals surface area contributed by atoms with Gasteiger partial charge in [-0.15, -0.1) is 0 Å². The molecular formula is C24H21N3O3. The van der Waals surface area contributed by atoms with Crippen molar-refractivity contribution < 1.29 is 4.74 Å². The Bertz CT molecular complexity index is 1240. The number of anilines is 3. The van der Waals surface area contributed by atoms with Gasteiger partial charge in [-0.05, 0) is 53.9 Å². The van der Waals surface area contributed by atoms with Gasteiger partial charge in [-0.1, -0.05) is 30.3 Å². The van der Waals surface area contributed by atoms with Crippen LogP contribution in [-0.2, 0) is 0 Å². The third-order valence-corrected chi connectivity index (χ3v) is 5.01. The molecule has 30 heavy (non-hydrogen) atoms. The van der Waals surface area contributed by atoms with Crippen LogP contribution < -0.4 is 26.2 Å². The molecule has 0 aliphatic rings. The second kappa shape index (κ2) is 8.21. The normalized spacial score (nSPS) is 11.8. The lowest BCUT2D eigenvalue weighted by molar-refractivity contribution is 0.415. The zero-order valence-corrected chi connectivity index (χ0v) is 16.7. The third kappa shape index (κ3) is 3.80. The largest absolute Gasteiger partial charge is 0.497 e. The Hall–Kier alpha value is -3.93. The number of nitrogens with zero attached hydrogens (tertiary/aromatic N) is 1. The van der Waals surface area contributed by atoms with Gasteiger partial charge in [0.25, 0.3) is 10.9 Å². The van der Waals surface area contributed by atoms with E-state index >= 15 is 0 Å². The van der Waals surface area contributed by atoms with Gasteiger partial charge in [0.15, 0.2) is 0 Å². The first kappa shape index (κ1) is 19.4. The predicted octanol–water partition coefficient (Wildman–Crippen LogP) is 4.27. The molecule has 6 nitrogen and oxygen atoms in total. The van der Waals surface area contributed by atoms with E-state index in [1.807, 2.05) is 49.4 Å². The number of nitrogens with one attached hydrogen (secondary N) is 2. The maximum Gasteiger partial charge on any atom is 0.253 e. The topological polar surface area (TPSA) is 80.3 Å². The Morgan fingerprint density at radius 3 is 2.27 bits per heavy atom. The van der Waals surface area contributed by atoms with Crippen LogP contribution in [-0.4, -0.2) is 12.1 Å². The second-order valence-electron chi connectivity index (χ2n) is 6.99. The number of rotatable bonds is 7. The number of pyridine rings is 1. The van der Waals surface area contributed by atoms with Crippen molar-refractivity contribution in [3.63, 3.8) is 0 Å². The lowest BCUT2D eigenvalue weighted by atomic mass is 9.99. The minimum Gasteiger partial charge on any atom is -0.497 e. The fourth-order valence-corrected chi connectivity index (χ4v) is 3.32. The average molecular weight is 399 g/mol. The molecule has 0 radical (unpaired) electrons. The minimum absolute atomic E-state index is 0.170. The number of benzene rings is 2. The molecule has 0 aliphatic carbocycles. The quantitative estimate of drug-likeness (QED) is 0.452. The fourth-order valence-electron chi connectivity index (χ4n) is 3.32. The summed E-state index contributed by atoms with van der Waals surface area (Å²) in [7, 11) is 1.64. The van der Waals surface area contributed by atoms with Crippen molar-refractivity contribution in [1.29, 1.82) is 0 Å². The highest BCUT2D eigenvalue weighted by Crippen LogP contribution is 2.29. The molecule has 1 aromatic heterocycles. The average Bonchev–Trinajstić information content (AvgIpc) is 2.81. The van der Waals surface area contributed by atoms with E-state index in [1.165, 1.54) is 0 Å². The highest BCUT2D eigenvalue weighted by Gasteiger charge is 2.23. The molecule has 4 aromatic rings. The molecule has 4 rings (SSSR count). The summed E-state index contributed by atoms with van der Waals surface area (Å²) in [5, 5.41) is 6.20. The summed E-state index contributed by atoms with van der Waals surface area (Å²) in [6.07, 6.45) is 3.24. The molecule has 0 saturated carbocycles. The fraction of sp³-hybridized carbons (Fsp3) is 0.125. The zero-order valence-electron chi connectivity index (χ0n) is 16.7. The Kier molecular flexibility index (Phi) is 5.30. The summed E-state index contributed by atoms with van der Waals surface area (Å²) in [6, 6.07) is 19.2. The first-order chi connectivity index (χ1) is 14.6. The number of hydrogen-bond donors (Lipinski definition) is 2. The second-order valence-corrected chi connectivity index (χ2v) is 6.99. The summed E-state index contributed by atoms with van der Waals surface area (Å²) in [6.45, 7) is 1.96. The smallest absolute Gasteiger partial charge is 0.253 e. The van der Waals surface area contributed by atoms with Crippen molar-refractivity contribution >= 4 is 17.1 Å². The summed E-state index contributed by atoms with van der Waals surface area (Å²) in [5.41, 5.74) is 3.33. The summed E-state index contributed by atoms with van der Waals surface area (Å²) >= 11 is 0. The number of aromatic nitrogens is 1. The van der Waals surface area contributed by atoms with Crippen LogP contribution in [0.5, 0.6) is 5.75 Å². The van der Waals surface area contributed by atoms with Crippen LogP contribution in [0.25, 0.3) is 11.1 Å². The van der Waals surface area contributed by atoms with E-state index in [1.54, 1.807) is 31.6 Å². The number of methoxy groups -OCH3 is 1. The maximum absolute atomic E-state index is 12.2. The van der Waals surface area contributed by atoms with E-state index in [9.17, 15) is 9.59 Å². The van der Waals surface area contributed by atoms with Crippen molar-refractivity contribution in [2.75, 3.05) is 17.7 Å². The molecule has 2 N–H and O–H groups in total. The zero-order chi connectivity index (χ0) is 21.1. The van der Waals surface area contributed by atoms with Crippen molar-refractivity contribution in [3.05, 3.63) is 99.1 Å². The summed E-state index contributed by atoms with van der Waals surface area (Å²) in [5.74, 6) is 0.791. The molecule has 0 spiro atoms. The van der Waals surface area contributed by atoms with Crippen LogP contribution in [0.2, 0.25) is 0 Å². The summed E-state index contributed by atoms with van der Waals surface area (Å²) < 4.78 is 5.31. The molecule has 3 aromatic carbocycles. The van der Waals surface area contributed by atoms with Gasteiger partial charge in [-0.2, -0.15) is 0 Å². The van der Waals surface area contributed by atoms with Crippen molar-refractivity contribution in [1.82, 2.24) is 4.98 Å². The van der Waals surface area contributed by atoms with E-state index in [0.717, 1.165) is 22.4 Å². The maximum atomic E-state index is 12.2. The van der Waals surface area contributed by atoms with Gasteiger partial charge in [-0.25, -0.2) is 0 Å². The third-order valence-electron chi connectivity index (χ3n) is 5.01. The molecule has 1 heterocycles. The highest BCUT2D eigenvalue weighted by molar-refractivity contribution is 5.79. The molecule has 0 saturated heterocycles. The van der Waals surface area contributed by atoms with Gasteiger partial charge in [0.1, 0.15) is 17.1 Å². The van der Waals surface area contributed by atoms with Gasteiger partial charge >= 0.3 is 0 Å². The van der Waals surface area contributed by atoms with Crippen LogP contribution >= 0.6 is 0 Å². The Labute approximate surface area is 173 Å². The summed E-state index contributed by atoms with van der Waals surface area (Å²) in [4.78, 5) is 28.2. The van der Waals surface area contributed by atoms with Gasteiger partial charge < -0.3 is 15.4 Å². The highest BCUT2D eigenvalue weighted by atomic mass is 16.5. The van der Waals surface area contributed by atoms with Crippen molar-refractivity contribution in [2.45, 2.75) is 13.0 Å². The molecule has 0 amide bonds. The molecule has 0 fully saturated rings. The van der Waals surface area contributed by atoms with Crippen LogP contribution in [0.1, 0.15) is 18.5 Å². The van der Waals surface area contributed by atoms with Crippen LogP contribution in [0, 0.1) is 0 Å². The molecular weight excluding hydrogens is 378 g/mol. The van der Waals surface area contributed by atoms with E-state index in [-0.39, 0.29) is 11.7 Å². The lowest BCUT2D eigenvalue weighted by Gasteiger charge is -2.20. The predicted molar refractivity (Wildman–Crippen MR) is 119 cm³/mol. The van der Waals surface area contributed by atoms with Crippen molar-refractivity contribution in [3.8, 4) is 16.9 Å². The van der Waals surface area contributed by atoms with Gasteiger partial charge in [0.05, 0.1) is 7.11 Å². The van der Waals surface area contributed by atoms with Crippen LogP contribution in [0.4, 0.5) is 17.1 Å². The molecule has 1 unspecified atom stereocenters. The molecule has 150 valence electrons. The van der Waals surface area contributed by atoms with E-state index in [2.05, 4.69) is 21.7 Å². The van der Waals surface area contributed by atoms with E-state index < -0.39 is 10.9 Å². The standard InChI is InChI=1S/C24H21N3O3/c1-15(16-5-3-6-17(13-16)18-7-4-8-20(14-18)30-2)26-21-22(24(29)23(21)28)27-19-9-11-25-12-10-19/h3-15,26H,1-2H3,(H,25,27). The van der Waals surface area contributed by atoms with Gasteiger partial charge in [-0.3, -0.25) is 14.6 Å². The van der Waals surface area contributed by atoms with E-state index in [4.69, 9.17) is 4.74 Å².